The van der Waals surface area contributed by atoms with E-state index in [1.807, 2.05) is 30.3 Å². The molecule has 0 atom stereocenters. The highest BCUT2D eigenvalue weighted by atomic mass is 79.9. The molecule has 0 unspecified atom stereocenters. The molecule has 0 saturated carbocycles. The third-order valence-corrected chi connectivity index (χ3v) is 3.42. The highest BCUT2D eigenvalue weighted by Gasteiger charge is 1.93. The maximum absolute atomic E-state index is 3.45. The van der Waals surface area contributed by atoms with Crippen molar-refractivity contribution < 1.29 is 0 Å². The fourth-order valence-electron chi connectivity index (χ4n) is 1.98. The molecule has 1 heteroatoms. The summed E-state index contributed by atoms with van der Waals surface area (Å²) >= 11 is 3.45. The third-order valence-electron chi connectivity index (χ3n) is 2.93. The summed E-state index contributed by atoms with van der Waals surface area (Å²) in [5.41, 5.74) is 2.06. The van der Waals surface area contributed by atoms with Gasteiger partial charge in [-0.25, -0.2) is 0 Å². The van der Waals surface area contributed by atoms with E-state index in [1.54, 1.807) is 0 Å². The minimum Gasteiger partial charge on any atom is -0.0616 e. The molecule has 0 aliphatic rings. The third kappa shape index (κ3) is 2.86. The number of fused-ring (bicyclic) bond motifs is 1. The van der Waals surface area contributed by atoms with Crippen molar-refractivity contribution in [2.75, 3.05) is 0 Å². The molecule has 0 bridgehead atoms. The van der Waals surface area contributed by atoms with Crippen LogP contribution in [0.15, 0.2) is 71.2 Å². The van der Waals surface area contributed by atoms with Crippen LogP contribution >= 0.6 is 15.9 Å². The zero-order valence-electron chi connectivity index (χ0n) is 10.2. The summed E-state index contributed by atoms with van der Waals surface area (Å²) in [6.45, 7) is 0. The molecule has 0 aliphatic carbocycles. The highest BCUT2D eigenvalue weighted by Crippen LogP contribution is 2.15. The molecular weight excluding hydrogens is 296 g/mol. The van der Waals surface area contributed by atoms with E-state index >= 15 is 0 Å². The maximum atomic E-state index is 3.45. The lowest BCUT2D eigenvalue weighted by molar-refractivity contribution is 1.60. The Balaban J connectivity index is 1.98. The van der Waals surface area contributed by atoms with E-state index in [0.717, 1.165) is 15.6 Å². The first-order valence-electron chi connectivity index (χ1n) is 6.08. The zero-order chi connectivity index (χ0) is 13.1. The van der Waals surface area contributed by atoms with Crippen molar-refractivity contribution in [1.29, 1.82) is 0 Å². The predicted octanol–water partition coefficient (Wildman–Crippen LogP) is 5.00. The van der Waals surface area contributed by atoms with Gasteiger partial charge in [-0.05, 0) is 41.1 Å². The second kappa shape index (κ2) is 5.30. The van der Waals surface area contributed by atoms with Crippen molar-refractivity contribution in [3.63, 3.8) is 0 Å². The van der Waals surface area contributed by atoms with Gasteiger partial charge in [0.1, 0.15) is 0 Å². The van der Waals surface area contributed by atoms with Crippen LogP contribution in [-0.2, 0) is 0 Å². The number of halogens is 1. The van der Waals surface area contributed by atoms with Gasteiger partial charge >= 0.3 is 0 Å². The van der Waals surface area contributed by atoms with Crippen LogP contribution < -0.4 is 0 Å². The minimum absolute atomic E-state index is 1.02. The lowest BCUT2D eigenvalue weighted by Crippen LogP contribution is -1.78. The Labute approximate surface area is 121 Å². The fourth-order valence-corrected chi connectivity index (χ4v) is 2.38. The first kappa shape index (κ1) is 12.0. The van der Waals surface area contributed by atoms with Crippen molar-refractivity contribution in [2.45, 2.75) is 0 Å². The first-order chi connectivity index (χ1) is 9.31. The number of rotatable bonds is 0. The average Bonchev–Trinajstić information content (AvgIpc) is 2.45. The van der Waals surface area contributed by atoms with Crippen molar-refractivity contribution in [3.05, 3.63) is 82.3 Å². The molecule has 3 aromatic rings. The topological polar surface area (TPSA) is 0 Å². The van der Waals surface area contributed by atoms with Crippen LogP contribution in [0.2, 0.25) is 0 Å². The van der Waals surface area contributed by atoms with Gasteiger partial charge in [-0.2, -0.15) is 0 Å². The fraction of sp³-hybridized carbons (Fsp3) is 0. The Morgan fingerprint density at radius 3 is 2.16 bits per heavy atom. The summed E-state index contributed by atoms with van der Waals surface area (Å²) in [5.74, 6) is 6.40. The predicted molar refractivity (Wildman–Crippen MR) is 84.1 cm³/mol. The molecule has 3 aromatic carbocycles. The van der Waals surface area contributed by atoms with Crippen LogP contribution in [0.3, 0.4) is 0 Å². The molecule has 90 valence electrons. The Morgan fingerprint density at radius 1 is 0.632 bits per heavy atom. The summed E-state index contributed by atoms with van der Waals surface area (Å²) in [6.07, 6.45) is 0. The molecule has 3 rings (SSSR count). The van der Waals surface area contributed by atoms with Gasteiger partial charge in [0.05, 0.1) is 0 Å². The standard InChI is InChI=1S/C18H11Br/c19-18-7-3-4-14(13-18)8-9-15-10-11-16-5-1-2-6-17(16)12-15/h1-7,10-13H. The summed E-state index contributed by atoms with van der Waals surface area (Å²) in [5, 5.41) is 2.47. The Hall–Kier alpha value is -2.04. The highest BCUT2D eigenvalue weighted by molar-refractivity contribution is 9.10. The quantitative estimate of drug-likeness (QED) is 0.513. The molecule has 0 spiro atoms. The Kier molecular flexibility index (Phi) is 3.35. The van der Waals surface area contributed by atoms with Gasteiger partial charge in [0.2, 0.25) is 0 Å². The largest absolute Gasteiger partial charge is 0.0616 e. The van der Waals surface area contributed by atoms with Crippen LogP contribution in [0, 0.1) is 11.8 Å². The van der Waals surface area contributed by atoms with Crippen molar-refractivity contribution in [1.82, 2.24) is 0 Å². The van der Waals surface area contributed by atoms with Gasteiger partial charge in [0.15, 0.2) is 0 Å². The molecule has 0 amide bonds. The molecule has 0 aromatic heterocycles. The van der Waals surface area contributed by atoms with E-state index in [2.05, 4.69) is 64.2 Å². The van der Waals surface area contributed by atoms with Gasteiger partial charge in [-0.3, -0.25) is 0 Å². The minimum atomic E-state index is 1.02. The maximum Gasteiger partial charge on any atom is 0.0260 e. The van der Waals surface area contributed by atoms with E-state index < -0.39 is 0 Å². The van der Waals surface area contributed by atoms with Crippen molar-refractivity contribution in [3.8, 4) is 11.8 Å². The number of hydrogen-bond donors (Lipinski definition) is 0. The van der Waals surface area contributed by atoms with Crippen LogP contribution in [0.25, 0.3) is 10.8 Å². The van der Waals surface area contributed by atoms with Gasteiger partial charge in [-0.1, -0.05) is 64.2 Å². The average molecular weight is 307 g/mol. The van der Waals surface area contributed by atoms with Crippen LogP contribution in [0.1, 0.15) is 11.1 Å². The van der Waals surface area contributed by atoms with Gasteiger partial charge < -0.3 is 0 Å². The summed E-state index contributed by atoms with van der Waals surface area (Å²) in [4.78, 5) is 0. The van der Waals surface area contributed by atoms with E-state index in [-0.39, 0.29) is 0 Å². The van der Waals surface area contributed by atoms with Crippen LogP contribution in [0.5, 0.6) is 0 Å². The second-order valence-electron chi connectivity index (χ2n) is 4.32. The normalized spacial score (nSPS) is 9.95. The van der Waals surface area contributed by atoms with E-state index in [4.69, 9.17) is 0 Å². The lowest BCUT2D eigenvalue weighted by atomic mass is 10.1. The molecular formula is C18H11Br. The smallest absolute Gasteiger partial charge is 0.0260 e. The molecule has 0 N–H and O–H groups in total. The second-order valence-corrected chi connectivity index (χ2v) is 5.24. The number of hydrogen-bond acceptors (Lipinski definition) is 0. The molecule has 0 aliphatic heterocycles. The van der Waals surface area contributed by atoms with Crippen LogP contribution in [-0.4, -0.2) is 0 Å². The SMILES string of the molecule is Brc1cccc(C#Cc2ccc3ccccc3c2)c1. The summed E-state index contributed by atoms with van der Waals surface area (Å²) in [6, 6.07) is 22.7. The van der Waals surface area contributed by atoms with E-state index in [1.165, 1.54) is 10.8 Å². The zero-order valence-corrected chi connectivity index (χ0v) is 11.8. The Bertz CT molecular complexity index is 791. The first-order valence-corrected chi connectivity index (χ1v) is 6.87. The summed E-state index contributed by atoms with van der Waals surface area (Å²) < 4.78 is 1.05. The molecule has 0 radical (unpaired) electrons. The molecule has 0 heterocycles. The number of benzene rings is 3. The summed E-state index contributed by atoms with van der Waals surface area (Å²) in [7, 11) is 0. The molecule has 19 heavy (non-hydrogen) atoms. The molecule has 0 nitrogen and oxygen atoms in total. The van der Waals surface area contributed by atoms with Crippen molar-refractivity contribution in [2.24, 2.45) is 0 Å². The van der Waals surface area contributed by atoms with E-state index in [9.17, 15) is 0 Å². The van der Waals surface area contributed by atoms with E-state index in [0.29, 0.717) is 0 Å². The Morgan fingerprint density at radius 2 is 1.37 bits per heavy atom. The van der Waals surface area contributed by atoms with Gasteiger partial charge in [0.25, 0.3) is 0 Å². The lowest BCUT2D eigenvalue weighted by Gasteiger charge is -1.97. The van der Waals surface area contributed by atoms with Gasteiger partial charge in [0, 0.05) is 15.6 Å². The van der Waals surface area contributed by atoms with Crippen LogP contribution in [0.4, 0.5) is 0 Å². The monoisotopic (exact) mass is 306 g/mol. The van der Waals surface area contributed by atoms with Gasteiger partial charge in [-0.15, -0.1) is 0 Å². The molecule has 0 saturated heterocycles. The molecule has 0 fully saturated rings. The van der Waals surface area contributed by atoms with Crippen molar-refractivity contribution >= 4 is 26.7 Å².